The number of alkyl halides is 3. The van der Waals surface area contributed by atoms with E-state index in [0.717, 1.165) is 57.8 Å². The summed E-state index contributed by atoms with van der Waals surface area (Å²) < 4.78 is 40.8. The Bertz CT molecular complexity index is 906. The van der Waals surface area contributed by atoms with Crippen molar-refractivity contribution in [1.82, 2.24) is 24.4 Å². The summed E-state index contributed by atoms with van der Waals surface area (Å²) in [7, 11) is 0. The van der Waals surface area contributed by atoms with Crippen molar-refractivity contribution >= 4 is 17.5 Å². The van der Waals surface area contributed by atoms with E-state index in [0.29, 0.717) is 24.7 Å². The first-order valence-corrected chi connectivity index (χ1v) is 11.0. The first kappa shape index (κ1) is 21.9. The lowest BCUT2D eigenvalue weighted by molar-refractivity contribution is -0.138. The summed E-state index contributed by atoms with van der Waals surface area (Å²) >= 11 is 0. The second kappa shape index (κ2) is 9.02. The number of rotatable bonds is 5. The topological polar surface area (TPSA) is 57.0 Å². The van der Waals surface area contributed by atoms with E-state index in [2.05, 4.69) is 22.0 Å². The highest BCUT2D eigenvalue weighted by Gasteiger charge is 2.34. The second-order valence-electron chi connectivity index (χ2n) is 8.45. The van der Waals surface area contributed by atoms with Crippen molar-refractivity contribution < 1.29 is 18.0 Å². The van der Waals surface area contributed by atoms with E-state index < -0.39 is 11.7 Å². The van der Waals surface area contributed by atoms with Gasteiger partial charge in [-0.1, -0.05) is 13.3 Å². The summed E-state index contributed by atoms with van der Waals surface area (Å²) in [6.07, 6.45) is 0.518. The molecule has 0 saturated carbocycles. The highest BCUT2D eigenvalue weighted by Crippen LogP contribution is 2.31. The number of hydrogen-bond acceptors (Lipinski definition) is 5. The molecular weight excluding hydrogens is 409 g/mol. The predicted octanol–water partition coefficient (Wildman–Crippen LogP) is 2.91. The zero-order valence-electron chi connectivity index (χ0n) is 17.8. The SMILES string of the molecule is CCCCN1CCN(C(=O)C2CCCN(c3nnc4ccc(C(F)(F)F)cn34)C2)CC1. The molecule has 4 heterocycles. The Hall–Kier alpha value is -2.36. The van der Waals surface area contributed by atoms with Gasteiger partial charge < -0.3 is 9.80 Å². The first-order chi connectivity index (χ1) is 14.9. The molecule has 0 N–H and O–H groups in total. The van der Waals surface area contributed by atoms with Crippen LogP contribution < -0.4 is 4.90 Å². The van der Waals surface area contributed by atoms with Crippen LogP contribution in [0.25, 0.3) is 5.65 Å². The Morgan fingerprint density at radius 3 is 2.61 bits per heavy atom. The number of pyridine rings is 1. The van der Waals surface area contributed by atoms with Gasteiger partial charge in [-0.05, 0) is 37.9 Å². The molecule has 2 fully saturated rings. The summed E-state index contributed by atoms with van der Waals surface area (Å²) in [6, 6.07) is 2.33. The van der Waals surface area contributed by atoms with Crippen molar-refractivity contribution in [2.24, 2.45) is 5.92 Å². The van der Waals surface area contributed by atoms with Gasteiger partial charge in [0.2, 0.25) is 11.9 Å². The molecule has 0 aliphatic carbocycles. The Morgan fingerprint density at radius 1 is 1.13 bits per heavy atom. The molecule has 0 radical (unpaired) electrons. The number of carbonyl (C=O) groups is 1. The molecule has 0 spiro atoms. The van der Waals surface area contributed by atoms with Crippen LogP contribution in [0.5, 0.6) is 0 Å². The van der Waals surface area contributed by atoms with Crippen LogP contribution in [-0.4, -0.2) is 76.1 Å². The Kier molecular flexibility index (Phi) is 6.36. The van der Waals surface area contributed by atoms with E-state index in [1.807, 2.05) is 9.80 Å². The van der Waals surface area contributed by atoms with E-state index in [4.69, 9.17) is 0 Å². The van der Waals surface area contributed by atoms with Gasteiger partial charge in [-0.2, -0.15) is 13.2 Å². The molecular formula is C21H29F3N6O. The number of fused-ring (bicyclic) bond motifs is 1. The molecule has 2 aliphatic heterocycles. The molecule has 0 bridgehead atoms. The minimum atomic E-state index is -4.44. The maximum atomic E-state index is 13.1. The molecule has 0 aromatic carbocycles. The molecule has 2 saturated heterocycles. The zero-order chi connectivity index (χ0) is 22.0. The van der Waals surface area contributed by atoms with Crippen LogP contribution in [-0.2, 0) is 11.0 Å². The third kappa shape index (κ3) is 4.78. The van der Waals surface area contributed by atoms with Crippen LogP contribution in [0.15, 0.2) is 18.3 Å². The zero-order valence-corrected chi connectivity index (χ0v) is 17.8. The molecule has 2 aliphatic rings. The number of anilines is 1. The normalized spacial score (nSPS) is 21.1. The minimum Gasteiger partial charge on any atom is -0.340 e. The third-order valence-electron chi connectivity index (χ3n) is 6.28. The predicted molar refractivity (Wildman–Crippen MR) is 111 cm³/mol. The molecule has 1 amide bonds. The molecule has 1 unspecified atom stereocenters. The number of hydrogen-bond donors (Lipinski definition) is 0. The van der Waals surface area contributed by atoms with Crippen molar-refractivity contribution in [3.63, 3.8) is 0 Å². The number of halogens is 3. The second-order valence-corrected chi connectivity index (χ2v) is 8.45. The lowest BCUT2D eigenvalue weighted by Gasteiger charge is -2.39. The third-order valence-corrected chi connectivity index (χ3v) is 6.28. The summed E-state index contributed by atoms with van der Waals surface area (Å²) in [5.41, 5.74) is -0.383. The van der Waals surface area contributed by atoms with Gasteiger partial charge in [-0.25, -0.2) is 0 Å². The maximum Gasteiger partial charge on any atom is 0.417 e. The van der Waals surface area contributed by atoms with Crippen LogP contribution in [0.1, 0.15) is 38.2 Å². The molecule has 2 aromatic heterocycles. The fourth-order valence-corrected chi connectivity index (χ4v) is 4.45. The van der Waals surface area contributed by atoms with Crippen LogP contribution in [0.2, 0.25) is 0 Å². The Balaban J connectivity index is 1.44. The lowest BCUT2D eigenvalue weighted by atomic mass is 9.96. The van der Waals surface area contributed by atoms with Crippen LogP contribution >= 0.6 is 0 Å². The van der Waals surface area contributed by atoms with E-state index in [9.17, 15) is 18.0 Å². The fraction of sp³-hybridized carbons (Fsp3) is 0.667. The lowest BCUT2D eigenvalue weighted by Crippen LogP contribution is -2.52. The van der Waals surface area contributed by atoms with Crippen molar-refractivity contribution in [2.75, 3.05) is 50.7 Å². The molecule has 31 heavy (non-hydrogen) atoms. The van der Waals surface area contributed by atoms with E-state index in [1.165, 1.54) is 23.3 Å². The number of piperazine rings is 1. The van der Waals surface area contributed by atoms with Gasteiger partial charge in [0.25, 0.3) is 0 Å². The fourth-order valence-electron chi connectivity index (χ4n) is 4.45. The number of amides is 1. The summed E-state index contributed by atoms with van der Waals surface area (Å²) in [4.78, 5) is 19.4. The largest absolute Gasteiger partial charge is 0.417 e. The van der Waals surface area contributed by atoms with Crippen molar-refractivity contribution in [3.05, 3.63) is 23.9 Å². The van der Waals surface area contributed by atoms with E-state index in [1.54, 1.807) is 0 Å². The molecule has 2 aromatic rings. The summed E-state index contributed by atoms with van der Waals surface area (Å²) in [5, 5.41) is 8.14. The maximum absolute atomic E-state index is 13.1. The van der Waals surface area contributed by atoms with Gasteiger partial charge in [0.15, 0.2) is 5.65 Å². The highest BCUT2D eigenvalue weighted by molar-refractivity contribution is 5.80. The molecule has 10 heteroatoms. The van der Waals surface area contributed by atoms with Crippen molar-refractivity contribution in [2.45, 2.75) is 38.8 Å². The monoisotopic (exact) mass is 438 g/mol. The number of piperidine rings is 1. The average molecular weight is 438 g/mol. The minimum absolute atomic E-state index is 0.143. The standard InChI is InChI=1S/C21H29F3N6O/c1-2-3-8-27-10-12-28(13-11-27)19(31)16-5-4-9-29(14-16)20-26-25-18-7-6-17(15-30(18)20)21(22,23)24/h6-7,15-16H,2-5,8-14H2,1H3. The van der Waals surface area contributed by atoms with Crippen molar-refractivity contribution in [3.8, 4) is 0 Å². The quantitative estimate of drug-likeness (QED) is 0.719. The smallest absolute Gasteiger partial charge is 0.340 e. The molecule has 170 valence electrons. The Labute approximate surface area is 179 Å². The van der Waals surface area contributed by atoms with Gasteiger partial charge in [0.05, 0.1) is 11.5 Å². The Morgan fingerprint density at radius 2 is 1.90 bits per heavy atom. The van der Waals surface area contributed by atoms with E-state index >= 15 is 0 Å². The van der Waals surface area contributed by atoms with Gasteiger partial charge >= 0.3 is 6.18 Å². The van der Waals surface area contributed by atoms with Crippen LogP contribution in [0.4, 0.5) is 19.1 Å². The van der Waals surface area contributed by atoms with Gasteiger partial charge in [-0.3, -0.25) is 14.1 Å². The number of carbonyl (C=O) groups excluding carboxylic acids is 1. The van der Waals surface area contributed by atoms with Gasteiger partial charge in [0, 0.05) is 45.5 Å². The highest BCUT2D eigenvalue weighted by atomic mass is 19.4. The average Bonchev–Trinajstić information content (AvgIpc) is 3.20. The van der Waals surface area contributed by atoms with Crippen molar-refractivity contribution in [1.29, 1.82) is 0 Å². The van der Waals surface area contributed by atoms with Crippen LogP contribution in [0.3, 0.4) is 0 Å². The number of unbranched alkanes of at least 4 members (excludes halogenated alkanes) is 1. The molecule has 4 rings (SSSR count). The van der Waals surface area contributed by atoms with Gasteiger partial charge in [-0.15, -0.1) is 10.2 Å². The number of aromatic nitrogens is 3. The van der Waals surface area contributed by atoms with Gasteiger partial charge in [0.1, 0.15) is 0 Å². The summed E-state index contributed by atoms with van der Waals surface area (Å²) in [5.74, 6) is 0.335. The van der Waals surface area contributed by atoms with E-state index in [-0.39, 0.29) is 11.8 Å². The first-order valence-electron chi connectivity index (χ1n) is 11.0. The summed E-state index contributed by atoms with van der Waals surface area (Å²) in [6.45, 7) is 7.63. The molecule has 7 nitrogen and oxygen atoms in total. The molecule has 1 atom stereocenters. The number of nitrogens with zero attached hydrogens (tertiary/aromatic N) is 6. The van der Waals surface area contributed by atoms with Crippen LogP contribution in [0, 0.1) is 5.92 Å².